The summed E-state index contributed by atoms with van der Waals surface area (Å²) in [6, 6.07) is 3.58. The lowest BCUT2D eigenvalue weighted by Crippen LogP contribution is -2.07. The second kappa shape index (κ2) is 5.26. The van der Waals surface area contributed by atoms with Crippen molar-refractivity contribution in [1.29, 1.82) is 0 Å². The first-order valence-corrected chi connectivity index (χ1v) is 5.47. The van der Waals surface area contributed by atoms with Crippen LogP contribution in [0, 0.1) is 30.2 Å². The Morgan fingerprint density at radius 1 is 1.05 bits per heavy atom. The monoisotopic (exact) mass is 270 g/mol. The van der Waals surface area contributed by atoms with Crippen LogP contribution in [-0.4, -0.2) is 4.98 Å². The highest BCUT2D eigenvalue weighted by Crippen LogP contribution is 2.24. The quantitative estimate of drug-likeness (QED) is 0.681. The Morgan fingerprint density at radius 3 is 2.21 bits per heavy atom. The second-order valence-corrected chi connectivity index (χ2v) is 4.00. The van der Waals surface area contributed by atoms with E-state index in [2.05, 4.69) is 10.3 Å². The van der Waals surface area contributed by atoms with Crippen molar-refractivity contribution in [2.24, 2.45) is 0 Å². The van der Waals surface area contributed by atoms with Crippen molar-refractivity contribution in [2.45, 2.75) is 13.5 Å². The van der Waals surface area contributed by atoms with E-state index in [1.165, 1.54) is 6.20 Å². The first-order chi connectivity index (χ1) is 8.99. The zero-order chi connectivity index (χ0) is 14.0. The molecule has 0 unspecified atom stereocenters. The minimum atomic E-state index is -1.45. The summed E-state index contributed by atoms with van der Waals surface area (Å²) in [7, 11) is 0. The van der Waals surface area contributed by atoms with Crippen molar-refractivity contribution in [3.05, 3.63) is 58.9 Å². The van der Waals surface area contributed by atoms with Crippen LogP contribution < -0.4 is 5.32 Å². The molecule has 1 aromatic heterocycles. The first-order valence-electron chi connectivity index (χ1n) is 5.47. The van der Waals surface area contributed by atoms with Gasteiger partial charge in [-0.1, -0.05) is 6.07 Å². The summed E-state index contributed by atoms with van der Waals surface area (Å²) in [6.45, 7) is 1.79. The maximum absolute atomic E-state index is 13.3. The Hall–Kier alpha value is -2.11. The van der Waals surface area contributed by atoms with Crippen molar-refractivity contribution < 1.29 is 17.6 Å². The van der Waals surface area contributed by atoms with Gasteiger partial charge in [-0.15, -0.1) is 0 Å². The van der Waals surface area contributed by atoms with Gasteiger partial charge in [0, 0.05) is 24.5 Å². The van der Waals surface area contributed by atoms with Crippen molar-refractivity contribution in [3.63, 3.8) is 0 Å². The summed E-state index contributed by atoms with van der Waals surface area (Å²) in [5.74, 6) is -5.77. The van der Waals surface area contributed by atoms with Gasteiger partial charge >= 0.3 is 0 Å². The molecule has 0 saturated carbocycles. The maximum Gasteiger partial charge on any atom is 0.185 e. The summed E-state index contributed by atoms with van der Waals surface area (Å²) in [5.41, 5.74) is 0.602. The average molecular weight is 270 g/mol. The predicted molar refractivity (Wildman–Crippen MR) is 62.6 cm³/mol. The van der Waals surface area contributed by atoms with Gasteiger partial charge in [0.25, 0.3) is 0 Å². The zero-order valence-corrected chi connectivity index (χ0v) is 9.98. The molecule has 0 aliphatic carbocycles. The molecule has 0 spiro atoms. The van der Waals surface area contributed by atoms with Crippen LogP contribution in [0.4, 0.5) is 23.2 Å². The average Bonchev–Trinajstić information content (AvgIpc) is 2.38. The molecule has 2 rings (SSSR count). The Morgan fingerprint density at radius 2 is 1.68 bits per heavy atom. The van der Waals surface area contributed by atoms with Crippen LogP contribution >= 0.6 is 0 Å². The van der Waals surface area contributed by atoms with E-state index in [4.69, 9.17) is 0 Å². The minimum absolute atomic E-state index is 0.00398. The van der Waals surface area contributed by atoms with Gasteiger partial charge in [0.05, 0.1) is 0 Å². The predicted octanol–water partition coefficient (Wildman–Crippen LogP) is 3.56. The van der Waals surface area contributed by atoms with Gasteiger partial charge in [-0.05, 0) is 18.6 Å². The molecule has 0 bridgehead atoms. The number of aromatic nitrogens is 1. The molecule has 0 aliphatic heterocycles. The van der Waals surface area contributed by atoms with Crippen LogP contribution in [0.25, 0.3) is 0 Å². The Labute approximate surface area is 107 Å². The third-order valence-electron chi connectivity index (χ3n) is 2.55. The van der Waals surface area contributed by atoms with Crippen molar-refractivity contribution in [2.75, 3.05) is 5.32 Å². The number of anilines is 1. The van der Waals surface area contributed by atoms with Gasteiger partial charge in [-0.2, -0.15) is 0 Å². The normalized spacial score (nSPS) is 10.6. The molecule has 100 valence electrons. The summed E-state index contributed by atoms with van der Waals surface area (Å²) < 4.78 is 52.6. The van der Waals surface area contributed by atoms with Gasteiger partial charge in [-0.25, -0.2) is 17.6 Å². The summed E-state index contributed by atoms with van der Waals surface area (Å²) in [4.78, 5) is 4.00. The summed E-state index contributed by atoms with van der Waals surface area (Å²) >= 11 is 0. The van der Waals surface area contributed by atoms with Crippen LogP contribution in [0.1, 0.15) is 11.3 Å². The largest absolute Gasteiger partial charge is 0.376 e. The number of halogens is 4. The standard InChI is InChI=1S/C13H10F4N2/c1-7-2-3-8(5-18-7)6-19-13-11(16)9(14)4-10(15)12(13)17/h2-5,19H,6H2,1H3. The van der Waals surface area contributed by atoms with Crippen LogP contribution in [0.3, 0.4) is 0 Å². The molecule has 0 fully saturated rings. The van der Waals surface area contributed by atoms with Gasteiger partial charge in [-0.3, -0.25) is 4.98 Å². The highest BCUT2D eigenvalue weighted by Gasteiger charge is 2.18. The van der Waals surface area contributed by atoms with Gasteiger partial charge in [0.1, 0.15) is 5.69 Å². The van der Waals surface area contributed by atoms with E-state index < -0.39 is 29.0 Å². The molecular weight excluding hydrogens is 260 g/mol. The molecule has 0 saturated heterocycles. The Balaban J connectivity index is 2.22. The number of benzene rings is 1. The summed E-state index contributed by atoms with van der Waals surface area (Å²) in [5, 5.41) is 2.33. The zero-order valence-electron chi connectivity index (χ0n) is 9.98. The minimum Gasteiger partial charge on any atom is -0.376 e. The topological polar surface area (TPSA) is 24.9 Å². The van der Waals surface area contributed by atoms with Crippen LogP contribution in [0.5, 0.6) is 0 Å². The number of aryl methyl sites for hydroxylation is 1. The van der Waals surface area contributed by atoms with Crippen LogP contribution in [-0.2, 0) is 6.54 Å². The first kappa shape index (κ1) is 13.3. The summed E-state index contributed by atoms with van der Waals surface area (Å²) in [6.07, 6.45) is 1.51. The molecular formula is C13H10F4N2. The highest BCUT2D eigenvalue weighted by molar-refractivity contribution is 5.47. The molecule has 2 nitrogen and oxygen atoms in total. The third-order valence-corrected chi connectivity index (χ3v) is 2.55. The molecule has 1 N–H and O–H groups in total. The fourth-order valence-electron chi connectivity index (χ4n) is 1.52. The number of nitrogens with one attached hydrogen (secondary N) is 1. The molecule has 0 amide bonds. The molecule has 2 aromatic rings. The van der Waals surface area contributed by atoms with Crippen LogP contribution in [0.2, 0.25) is 0 Å². The number of pyridine rings is 1. The highest BCUT2D eigenvalue weighted by atomic mass is 19.2. The van der Waals surface area contributed by atoms with E-state index in [1.54, 1.807) is 19.1 Å². The van der Waals surface area contributed by atoms with E-state index >= 15 is 0 Å². The van der Waals surface area contributed by atoms with Crippen molar-refractivity contribution >= 4 is 5.69 Å². The lowest BCUT2D eigenvalue weighted by molar-refractivity contribution is 0.458. The molecule has 0 atom stereocenters. The smallest absolute Gasteiger partial charge is 0.185 e. The fourth-order valence-corrected chi connectivity index (χ4v) is 1.52. The number of nitrogens with zero attached hydrogens (tertiary/aromatic N) is 1. The maximum atomic E-state index is 13.3. The molecule has 1 heterocycles. The number of hydrogen-bond donors (Lipinski definition) is 1. The van der Waals surface area contributed by atoms with Crippen LogP contribution in [0.15, 0.2) is 24.4 Å². The Kier molecular flexibility index (Phi) is 3.69. The Bertz CT molecular complexity index is 570. The van der Waals surface area contributed by atoms with Crippen molar-refractivity contribution in [3.8, 4) is 0 Å². The van der Waals surface area contributed by atoms with E-state index in [-0.39, 0.29) is 12.6 Å². The lowest BCUT2D eigenvalue weighted by atomic mass is 10.2. The van der Waals surface area contributed by atoms with E-state index in [9.17, 15) is 17.6 Å². The van der Waals surface area contributed by atoms with Gasteiger partial charge in [0.2, 0.25) is 0 Å². The molecule has 0 radical (unpaired) electrons. The SMILES string of the molecule is Cc1ccc(CNc2c(F)c(F)cc(F)c2F)cn1. The third kappa shape index (κ3) is 2.83. The van der Waals surface area contributed by atoms with E-state index in [0.717, 1.165) is 5.69 Å². The van der Waals surface area contributed by atoms with Gasteiger partial charge < -0.3 is 5.32 Å². The van der Waals surface area contributed by atoms with Crippen molar-refractivity contribution in [1.82, 2.24) is 4.98 Å². The fraction of sp³-hybridized carbons (Fsp3) is 0.154. The molecule has 1 aromatic carbocycles. The second-order valence-electron chi connectivity index (χ2n) is 4.00. The van der Waals surface area contributed by atoms with Gasteiger partial charge in [0.15, 0.2) is 23.3 Å². The molecule has 19 heavy (non-hydrogen) atoms. The molecule has 0 aliphatic rings. The number of rotatable bonds is 3. The molecule has 6 heteroatoms. The van der Waals surface area contributed by atoms with E-state index in [0.29, 0.717) is 5.56 Å². The number of hydrogen-bond acceptors (Lipinski definition) is 2. The lowest BCUT2D eigenvalue weighted by Gasteiger charge is -2.10. The van der Waals surface area contributed by atoms with E-state index in [1.807, 2.05) is 0 Å².